The zero-order valence-electron chi connectivity index (χ0n) is 13.0. The first-order valence-electron chi connectivity index (χ1n) is 7.51. The Labute approximate surface area is 134 Å². The smallest absolute Gasteiger partial charge is 0.318 e. The first-order valence-corrected chi connectivity index (χ1v) is 7.51. The van der Waals surface area contributed by atoms with Crippen LogP contribution in [0.25, 0.3) is 0 Å². The van der Waals surface area contributed by atoms with Crippen LogP contribution >= 0.6 is 0 Å². The molecule has 2 rings (SSSR count). The maximum atomic E-state index is 12.3. The second kappa shape index (κ2) is 8.23. The van der Waals surface area contributed by atoms with Crippen LogP contribution in [0.2, 0.25) is 0 Å². The number of hydrazine groups is 1. The second-order valence-corrected chi connectivity index (χ2v) is 5.15. The summed E-state index contributed by atoms with van der Waals surface area (Å²) in [5, 5.41) is 11.3. The number of aliphatic hydroxyl groups excluding tert-OH is 1. The van der Waals surface area contributed by atoms with Gasteiger partial charge in [-0.2, -0.15) is 0 Å². The van der Waals surface area contributed by atoms with Crippen molar-refractivity contribution >= 4 is 17.6 Å². The largest absolute Gasteiger partial charge is 0.497 e. The number of likely N-dealkylation sites (tertiary alicyclic amines) is 1. The molecule has 4 N–H and O–H groups in total. The van der Waals surface area contributed by atoms with Crippen LogP contribution in [-0.2, 0) is 4.79 Å². The van der Waals surface area contributed by atoms with Gasteiger partial charge in [0.15, 0.2) is 0 Å². The fourth-order valence-corrected chi connectivity index (χ4v) is 2.44. The van der Waals surface area contributed by atoms with Crippen molar-refractivity contribution in [2.24, 2.45) is 0 Å². The fraction of sp³-hybridized carbons (Fsp3) is 0.467. The number of hydrogen-bond acceptors (Lipinski definition) is 5. The van der Waals surface area contributed by atoms with Gasteiger partial charge in [0.05, 0.1) is 19.4 Å². The van der Waals surface area contributed by atoms with Crippen molar-refractivity contribution in [1.82, 2.24) is 15.6 Å². The highest BCUT2D eigenvalue weighted by Crippen LogP contribution is 2.18. The number of rotatable bonds is 6. The topological polar surface area (TPSA) is 103 Å². The van der Waals surface area contributed by atoms with E-state index >= 15 is 0 Å². The van der Waals surface area contributed by atoms with E-state index in [2.05, 4.69) is 16.2 Å². The molecule has 3 amide bonds. The molecule has 1 aromatic carbocycles. The van der Waals surface area contributed by atoms with E-state index in [0.717, 1.165) is 12.2 Å². The van der Waals surface area contributed by atoms with Crippen LogP contribution in [0.1, 0.15) is 12.8 Å². The summed E-state index contributed by atoms with van der Waals surface area (Å²) >= 11 is 0. The van der Waals surface area contributed by atoms with Crippen LogP contribution in [-0.4, -0.2) is 54.8 Å². The van der Waals surface area contributed by atoms with Gasteiger partial charge in [-0.25, -0.2) is 4.79 Å². The Bertz CT molecular complexity index is 535. The molecule has 1 atom stereocenters. The molecular formula is C15H22N4O4. The normalized spacial score (nSPS) is 16.8. The molecule has 8 nitrogen and oxygen atoms in total. The highest BCUT2D eigenvalue weighted by Gasteiger charge is 2.33. The minimum absolute atomic E-state index is 0.129. The molecule has 1 heterocycles. The standard InChI is InChI=1S/C15H22N4O4/c1-23-12-6-4-11(5-7-12)17-18-14(21)13-3-2-9-19(13)15(22)16-8-10-20/h4-7,13,17,20H,2-3,8-10H2,1H3,(H,16,22)(H,18,21). The molecule has 1 fully saturated rings. The first kappa shape index (κ1) is 16.9. The predicted octanol–water partition coefficient (Wildman–Crippen LogP) is 0.305. The number of amides is 3. The van der Waals surface area contributed by atoms with Crippen molar-refractivity contribution in [2.75, 3.05) is 32.2 Å². The molecule has 0 bridgehead atoms. The number of nitrogens with one attached hydrogen (secondary N) is 3. The van der Waals surface area contributed by atoms with Gasteiger partial charge in [0.1, 0.15) is 11.8 Å². The summed E-state index contributed by atoms with van der Waals surface area (Å²) in [5.41, 5.74) is 6.16. The molecule has 0 aromatic heterocycles. The van der Waals surface area contributed by atoms with E-state index in [4.69, 9.17) is 9.84 Å². The minimum atomic E-state index is -0.514. The van der Waals surface area contributed by atoms with E-state index in [0.29, 0.717) is 18.7 Å². The summed E-state index contributed by atoms with van der Waals surface area (Å²) in [7, 11) is 1.58. The zero-order valence-corrected chi connectivity index (χ0v) is 13.0. The van der Waals surface area contributed by atoms with Crippen molar-refractivity contribution < 1.29 is 19.4 Å². The molecule has 1 aliphatic heterocycles. The first-order chi connectivity index (χ1) is 11.2. The number of carbonyl (C=O) groups excluding carboxylic acids is 2. The van der Waals surface area contributed by atoms with Crippen molar-refractivity contribution in [2.45, 2.75) is 18.9 Å². The molecule has 1 unspecified atom stereocenters. The van der Waals surface area contributed by atoms with E-state index < -0.39 is 6.04 Å². The fourth-order valence-electron chi connectivity index (χ4n) is 2.44. The highest BCUT2D eigenvalue weighted by atomic mass is 16.5. The van der Waals surface area contributed by atoms with E-state index in [9.17, 15) is 9.59 Å². The van der Waals surface area contributed by atoms with Gasteiger partial charge in [0.25, 0.3) is 5.91 Å². The maximum absolute atomic E-state index is 12.3. The van der Waals surface area contributed by atoms with Crippen molar-refractivity contribution in [3.63, 3.8) is 0 Å². The van der Waals surface area contributed by atoms with Crippen LogP contribution in [0.3, 0.4) is 0 Å². The number of anilines is 1. The van der Waals surface area contributed by atoms with Crippen LogP contribution in [0.15, 0.2) is 24.3 Å². The van der Waals surface area contributed by atoms with Crippen LogP contribution in [0.5, 0.6) is 5.75 Å². The van der Waals surface area contributed by atoms with Gasteiger partial charge < -0.3 is 20.1 Å². The van der Waals surface area contributed by atoms with Crippen LogP contribution in [0.4, 0.5) is 10.5 Å². The molecule has 1 aromatic rings. The zero-order chi connectivity index (χ0) is 16.7. The molecule has 1 saturated heterocycles. The molecule has 0 spiro atoms. The summed E-state index contributed by atoms with van der Waals surface area (Å²) in [6.07, 6.45) is 1.38. The molecular weight excluding hydrogens is 300 g/mol. The molecule has 23 heavy (non-hydrogen) atoms. The summed E-state index contributed by atoms with van der Waals surface area (Å²) in [4.78, 5) is 25.7. The number of carbonyl (C=O) groups is 2. The van der Waals surface area contributed by atoms with Gasteiger partial charge in [0.2, 0.25) is 0 Å². The third kappa shape index (κ3) is 4.49. The number of methoxy groups -OCH3 is 1. The molecule has 0 aliphatic carbocycles. The van der Waals surface area contributed by atoms with Gasteiger partial charge in [-0.05, 0) is 37.1 Å². The Morgan fingerprint density at radius 3 is 2.74 bits per heavy atom. The third-order valence-electron chi connectivity index (χ3n) is 3.62. The van der Waals surface area contributed by atoms with E-state index in [1.54, 1.807) is 31.4 Å². The predicted molar refractivity (Wildman–Crippen MR) is 85.0 cm³/mol. The molecule has 8 heteroatoms. The molecule has 0 radical (unpaired) electrons. The van der Waals surface area contributed by atoms with E-state index in [-0.39, 0.29) is 25.1 Å². The number of urea groups is 1. The van der Waals surface area contributed by atoms with Gasteiger partial charge in [0, 0.05) is 13.1 Å². The third-order valence-corrected chi connectivity index (χ3v) is 3.62. The van der Waals surface area contributed by atoms with Crippen molar-refractivity contribution in [3.05, 3.63) is 24.3 Å². The number of aliphatic hydroxyl groups is 1. The Kier molecular flexibility index (Phi) is 6.04. The van der Waals surface area contributed by atoms with Crippen molar-refractivity contribution in [1.29, 1.82) is 0 Å². The number of benzene rings is 1. The average molecular weight is 322 g/mol. The maximum Gasteiger partial charge on any atom is 0.318 e. The number of nitrogens with zero attached hydrogens (tertiary/aromatic N) is 1. The van der Waals surface area contributed by atoms with Gasteiger partial charge >= 0.3 is 6.03 Å². The lowest BCUT2D eigenvalue weighted by molar-refractivity contribution is -0.124. The van der Waals surface area contributed by atoms with E-state index in [1.165, 1.54) is 4.90 Å². The number of hydrogen-bond donors (Lipinski definition) is 4. The molecule has 0 saturated carbocycles. The van der Waals surface area contributed by atoms with Crippen molar-refractivity contribution in [3.8, 4) is 5.75 Å². The Balaban J connectivity index is 1.87. The average Bonchev–Trinajstić information content (AvgIpc) is 3.08. The molecule has 1 aliphatic rings. The Hall–Kier alpha value is -2.48. The summed E-state index contributed by atoms with van der Waals surface area (Å²) < 4.78 is 5.06. The monoisotopic (exact) mass is 322 g/mol. The quantitative estimate of drug-likeness (QED) is 0.564. The Morgan fingerprint density at radius 2 is 2.09 bits per heavy atom. The highest BCUT2D eigenvalue weighted by molar-refractivity contribution is 5.88. The lowest BCUT2D eigenvalue weighted by atomic mass is 10.2. The minimum Gasteiger partial charge on any atom is -0.497 e. The van der Waals surface area contributed by atoms with Crippen LogP contribution < -0.4 is 20.9 Å². The van der Waals surface area contributed by atoms with Gasteiger partial charge in [-0.1, -0.05) is 0 Å². The SMILES string of the molecule is COc1ccc(NNC(=O)C2CCCN2C(=O)NCCO)cc1. The molecule has 126 valence electrons. The van der Waals surface area contributed by atoms with Gasteiger partial charge in [-0.15, -0.1) is 0 Å². The number of ether oxygens (including phenoxy) is 1. The summed E-state index contributed by atoms with van der Waals surface area (Å²) in [6, 6.07) is 6.26. The van der Waals surface area contributed by atoms with Crippen LogP contribution in [0, 0.1) is 0 Å². The summed E-state index contributed by atoms with van der Waals surface area (Å²) in [6.45, 7) is 0.571. The summed E-state index contributed by atoms with van der Waals surface area (Å²) in [5.74, 6) is 0.460. The Morgan fingerprint density at radius 1 is 1.35 bits per heavy atom. The second-order valence-electron chi connectivity index (χ2n) is 5.15. The lowest BCUT2D eigenvalue weighted by Gasteiger charge is -2.24. The van der Waals surface area contributed by atoms with E-state index in [1.807, 2.05) is 0 Å². The van der Waals surface area contributed by atoms with Gasteiger partial charge in [-0.3, -0.25) is 15.6 Å². The lowest BCUT2D eigenvalue weighted by Crippen LogP contribution is -2.50.